The monoisotopic (exact) mass is 1530 g/mol. The fourth-order valence-corrected chi connectivity index (χ4v) is 14.4. The van der Waals surface area contributed by atoms with Gasteiger partial charge in [-0.3, -0.25) is 37.3 Å². The molecule has 0 aliphatic carbocycles. The Bertz CT molecular complexity index is 2120. The van der Waals surface area contributed by atoms with Crippen LogP contribution in [-0.2, 0) is 65.4 Å². The maximum Gasteiger partial charge on any atom is 0.472 e. The molecule has 5 atom stereocenters. The van der Waals surface area contributed by atoms with Gasteiger partial charge in [-0.2, -0.15) is 0 Å². The molecule has 3 N–H and O–H groups in total. The number of phosphoric acid groups is 2. The van der Waals surface area contributed by atoms with Crippen LogP contribution in [0.25, 0.3) is 0 Å². The molecule has 0 radical (unpaired) electrons. The van der Waals surface area contributed by atoms with E-state index in [1.54, 1.807) is 0 Å². The minimum atomic E-state index is -4.97. The topological polar surface area (TPSA) is 237 Å². The second-order valence-electron chi connectivity index (χ2n) is 31.7. The lowest BCUT2D eigenvalue weighted by Gasteiger charge is -2.21. The van der Waals surface area contributed by atoms with Crippen LogP contribution in [0.1, 0.15) is 427 Å². The van der Waals surface area contributed by atoms with Gasteiger partial charge in [0.25, 0.3) is 0 Å². The molecule has 0 aromatic carbocycles. The van der Waals surface area contributed by atoms with Gasteiger partial charge in [0.2, 0.25) is 0 Å². The van der Waals surface area contributed by atoms with Crippen LogP contribution >= 0.6 is 15.6 Å². The first-order valence-corrected chi connectivity index (χ1v) is 46.7. The summed E-state index contributed by atoms with van der Waals surface area (Å²) in [5.74, 6) is 0.212. The van der Waals surface area contributed by atoms with Crippen molar-refractivity contribution in [2.24, 2.45) is 17.8 Å². The van der Waals surface area contributed by atoms with Gasteiger partial charge in [0.15, 0.2) is 12.2 Å². The Morgan fingerprint density at radius 3 is 0.771 bits per heavy atom. The maximum atomic E-state index is 13.1. The number of rotatable bonds is 82. The lowest BCUT2D eigenvalue weighted by Crippen LogP contribution is -2.30. The van der Waals surface area contributed by atoms with Crippen molar-refractivity contribution in [1.29, 1.82) is 0 Å². The van der Waals surface area contributed by atoms with Crippen LogP contribution in [0.15, 0.2) is 24.3 Å². The molecule has 0 bridgehead atoms. The third-order valence-corrected chi connectivity index (χ3v) is 21.4. The highest BCUT2D eigenvalue weighted by atomic mass is 31.2. The highest BCUT2D eigenvalue weighted by Gasteiger charge is 2.30. The number of aliphatic hydroxyl groups is 1. The molecule has 19 heteroatoms. The van der Waals surface area contributed by atoms with Crippen molar-refractivity contribution in [3.05, 3.63) is 24.3 Å². The zero-order chi connectivity index (χ0) is 77.2. The molecule has 0 aromatic rings. The molecule has 0 rings (SSSR count). The maximum absolute atomic E-state index is 13.1. The van der Waals surface area contributed by atoms with Crippen molar-refractivity contribution < 1.29 is 80.2 Å². The van der Waals surface area contributed by atoms with Gasteiger partial charge >= 0.3 is 39.5 Å². The van der Waals surface area contributed by atoms with Gasteiger partial charge < -0.3 is 33.8 Å². The molecule has 0 spiro atoms. The van der Waals surface area contributed by atoms with Crippen LogP contribution < -0.4 is 0 Å². The second kappa shape index (κ2) is 75.6. The summed E-state index contributed by atoms with van der Waals surface area (Å²) < 4.78 is 68.8. The normalized spacial score (nSPS) is 14.0. The Labute approximate surface area is 643 Å². The van der Waals surface area contributed by atoms with Gasteiger partial charge in [-0.15, -0.1) is 0 Å². The molecule has 0 amide bonds. The van der Waals surface area contributed by atoms with Crippen LogP contribution in [-0.4, -0.2) is 96.7 Å². The lowest BCUT2D eigenvalue weighted by atomic mass is 10.0. The molecule has 17 nitrogen and oxygen atoms in total. The zero-order valence-corrected chi connectivity index (χ0v) is 70.5. The number of phosphoric ester groups is 2. The van der Waals surface area contributed by atoms with Crippen molar-refractivity contribution in [1.82, 2.24) is 0 Å². The standard InChI is InChI=1S/C86H164O17P2/c1-8-9-10-11-12-13-14-15-21-29-34-39-48-55-62-69-86(91)103-82(74-97-84(89)68-61-54-47-42-41-45-52-59-66-79(6)7)76-101-105(94,95)99-72-80(87)71-98-104(92,93)100-75-81(73-96-83(88)67-60-53-46-38-33-28-25-20-23-27-32-37-44-51-58-65-78(4)5)102-85(90)70-63-56-49-40-35-30-24-19-17-16-18-22-26-31-36-43-50-57-64-77(2)3/h13-15,21,77-82,87H,8-12,16-20,22-76H2,1-7H3,(H,92,93)(H,94,95)/b14-13-,21-15-/t80-,81-,82-/m1/s1. The van der Waals surface area contributed by atoms with E-state index in [-0.39, 0.29) is 25.7 Å². The minimum absolute atomic E-state index is 0.0845. The van der Waals surface area contributed by atoms with E-state index >= 15 is 0 Å². The minimum Gasteiger partial charge on any atom is -0.462 e. The van der Waals surface area contributed by atoms with Gasteiger partial charge in [0.1, 0.15) is 19.3 Å². The van der Waals surface area contributed by atoms with E-state index in [1.807, 2.05) is 0 Å². The summed E-state index contributed by atoms with van der Waals surface area (Å²) in [6.45, 7) is 11.9. The third kappa shape index (κ3) is 79.4. The highest BCUT2D eigenvalue weighted by Crippen LogP contribution is 2.45. The molecule has 0 aliphatic heterocycles. The van der Waals surface area contributed by atoms with Crippen LogP contribution in [0.5, 0.6) is 0 Å². The Morgan fingerprint density at radius 1 is 0.295 bits per heavy atom. The van der Waals surface area contributed by atoms with Crippen molar-refractivity contribution >= 4 is 39.5 Å². The van der Waals surface area contributed by atoms with Gasteiger partial charge in [-0.1, -0.05) is 375 Å². The Morgan fingerprint density at radius 2 is 0.514 bits per heavy atom. The number of esters is 4. The molecule has 105 heavy (non-hydrogen) atoms. The molecule has 0 heterocycles. The van der Waals surface area contributed by atoms with E-state index in [4.69, 9.17) is 37.0 Å². The largest absolute Gasteiger partial charge is 0.472 e. The predicted octanol–water partition coefficient (Wildman–Crippen LogP) is 25.6. The van der Waals surface area contributed by atoms with Crippen LogP contribution in [0.3, 0.4) is 0 Å². The summed E-state index contributed by atoms with van der Waals surface area (Å²) >= 11 is 0. The first-order valence-electron chi connectivity index (χ1n) is 43.7. The molecule has 0 aromatic heterocycles. The van der Waals surface area contributed by atoms with E-state index in [2.05, 4.69) is 72.8 Å². The Kier molecular flexibility index (Phi) is 73.8. The third-order valence-electron chi connectivity index (χ3n) is 19.5. The molecule has 0 saturated heterocycles. The average Bonchev–Trinajstić information content (AvgIpc) is 0.904. The first-order chi connectivity index (χ1) is 50.7. The second-order valence-corrected chi connectivity index (χ2v) is 34.6. The van der Waals surface area contributed by atoms with Gasteiger partial charge in [-0.25, -0.2) is 9.13 Å². The molecule has 620 valence electrons. The zero-order valence-electron chi connectivity index (χ0n) is 68.7. The van der Waals surface area contributed by atoms with Crippen molar-refractivity contribution in [2.75, 3.05) is 39.6 Å². The molecule has 0 fully saturated rings. The predicted molar refractivity (Wildman–Crippen MR) is 432 cm³/mol. The molecule has 0 aliphatic rings. The van der Waals surface area contributed by atoms with Crippen molar-refractivity contribution in [2.45, 2.75) is 446 Å². The van der Waals surface area contributed by atoms with Crippen LogP contribution in [0.2, 0.25) is 0 Å². The number of allylic oxidation sites excluding steroid dienone is 4. The molecule has 2 unspecified atom stereocenters. The Hall–Kier alpha value is -2.46. The summed E-state index contributed by atoms with van der Waals surface area (Å²) in [7, 11) is -9.94. The smallest absolute Gasteiger partial charge is 0.462 e. The fraction of sp³-hybridized carbons (Fsp3) is 0.907. The number of ether oxygens (including phenoxy) is 4. The van der Waals surface area contributed by atoms with Gasteiger partial charge in [0, 0.05) is 25.7 Å². The summed E-state index contributed by atoms with van der Waals surface area (Å²) in [6, 6.07) is 0. The fourth-order valence-electron chi connectivity index (χ4n) is 12.8. The summed E-state index contributed by atoms with van der Waals surface area (Å²) in [5, 5.41) is 10.7. The van der Waals surface area contributed by atoms with E-state index in [0.717, 1.165) is 127 Å². The first kappa shape index (κ1) is 103. The van der Waals surface area contributed by atoms with Crippen LogP contribution in [0.4, 0.5) is 0 Å². The average molecular weight is 1530 g/mol. The Balaban J connectivity index is 5.27. The number of carbonyl (C=O) groups is 4. The summed E-state index contributed by atoms with van der Waals surface area (Å²) in [4.78, 5) is 73.2. The molecular formula is C86H164O17P2. The van der Waals surface area contributed by atoms with E-state index in [1.165, 1.54) is 218 Å². The highest BCUT2D eigenvalue weighted by molar-refractivity contribution is 7.47. The SMILES string of the molecule is CCCCCC/C=C\C=C/CCCCCCCC(=O)O[C@H](COC(=O)CCCCCCCCCCC(C)C)COP(=O)(O)OC[C@H](O)COP(=O)(O)OC[C@@H](COC(=O)CCCCCCCCCCCCCCCCCC(C)C)OC(=O)CCCCCCCCCCCCCCCCCCCCC(C)C. The molecule has 0 saturated carbocycles. The number of carbonyl (C=O) groups excluding carboxylic acids is 4. The summed E-state index contributed by atoms with van der Waals surface area (Å²) in [5.41, 5.74) is 0. The van der Waals surface area contributed by atoms with Crippen molar-refractivity contribution in [3.63, 3.8) is 0 Å². The van der Waals surface area contributed by atoms with Crippen molar-refractivity contribution in [3.8, 4) is 0 Å². The number of hydrogen-bond donors (Lipinski definition) is 3. The van der Waals surface area contributed by atoms with Crippen LogP contribution in [0, 0.1) is 17.8 Å². The number of hydrogen-bond acceptors (Lipinski definition) is 15. The number of aliphatic hydroxyl groups excluding tert-OH is 1. The van der Waals surface area contributed by atoms with E-state index in [9.17, 15) is 43.2 Å². The molecular weight excluding hydrogens is 1370 g/mol. The van der Waals surface area contributed by atoms with E-state index < -0.39 is 97.5 Å². The van der Waals surface area contributed by atoms with E-state index in [0.29, 0.717) is 25.7 Å². The number of unbranched alkanes of at least 4 members (excludes halogenated alkanes) is 47. The van der Waals surface area contributed by atoms with Gasteiger partial charge in [0.05, 0.1) is 26.4 Å². The lowest BCUT2D eigenvalue weighted by molar-refractivity contribution is -0.161. The quantitative estimate of drug-likeness (QED) is 0.0169. The van der Waals surface area contributed by atoms with Gasteiger partial charge in [-0.05, 0) is 69.1 Å². The summed E-state index contributed by atoms with van der Waals surface area (Å²) in [6.07, 6.45) is 68.9.